The summed E-state index contributed by atoms with van der Waals surface area (Å²) in [5.41, 5.74) is 3.47. The Bertz CT molecular complexity index is 1440. The van der Waals surface area contributed by atoms with Gasteiger partial charge < -0.3 is 36.8 Å². The number of nitrogens with one attached hydrogen (secondary N) is 4. The number of ether oxygens (including phenoxy) is 1. The molecule has 8 N–H and O–H groups in total. The van der Waals surface area contributed by atoms with Gasteiger partial charge in [0, 0.05) is 30.9 Å². The predicted octanol–water partition coefficient (Wildman–Crippen LogP) is -1.47. The van der Waals surface area contributed by atoms with Crippen LogP contribution in [-0.4, -0.2) is 97.4 Å². The van der Waals surface area contributed by atoms with E-state index in [4.69, 9.17) is 10.5 Å². The van der Waals surface area contributed by atoms with Gasteiger partial charge in [0.15, 0.2) is 0 Å². The maximum atomic E-state index is 13.4. The summed E-state index contributed by atoms with van der Waals surface area (Å²) in [7, 11) is -4.73. The van der Waals surface area contributed by atoms with Crippen LogP contribution in [0.25, 0.3) is 0 Å². The Balaban J connectivity index is 1.61. The zero-order valence-electron chi connectivity index (χ0n) is 24.2. The smallest absolute Gasteiger partial charge is 0.312 e. The van der Waals surface area contributed by atoms with Gasteiger partial charge in [-0.15, -0.1) is 0 Å². The van der Waals surface area contributed by atoms with E-state index >= 15 is 0 Å². The van der Waals surface area contributed by atoms with Crippen molar-refractivity contribution < 1.29 is 51.6 Å². The Kier molecular flexibility index (Phi) is 12.1. The van der Waals surface area contributed by atoms with Gasteiger partial charge in [-0.05, 0) is 43.4 Å². The molecule has 45 heavy (non-hydrogen) atoms. The van der Waals surface area contributed by atoms with Gasteiger partial charge >= 0.3 is 6.03 Å². The number of amides is 7. The minimum absolute atomic E-state index is 0.000809. The van der Waals surface area contributed by atoms with Gasteiger partial charge in [0.2, 0.25) is 17.7 Å². The Labute approximate surface area is 258 Å². The number of carbonyl (C=O) groups is 6. The molecule has 3 rings (SSSR count). The number of hydrogen-bond acceptors (Lipinski definition) is 10. The number of imide groups is 1. The fourth-order valence-corrected chi connectivity index (χ4v) is 5.46. The molecule has 1 aromatic carbocycles. The standard InChI is InChI=1S/C27H36N6O11S/c28-26(40)30-10-1-3-19(23(37)31-18-5-4-17(16-34)20(15-18)45(41,42)43)32-25(39)27(8-2-9-27)24(38)29-11-13-44-14-12-33-21(35)6-7-22(33)36/h4-7,15,19,34H,1-3,8-14,16H2,(H,29,38)(H,31,37)(H,32,39)(H3,28,30,40)(H,41,42,43)/t19-/m0/s1. The first-order chi connectivity index (χ1) is 21.3. The summed E-state index contributed by atoms with van der Waals surface area (Å²) in [5.74, 6) is -2.92. The second-order valence-corrected chi connectivity index (χ2v) is 11.8. The molecular weight excluding hydrogens is 616 g/mol. The number of urea groups is 1. The highest BCUT2D eigenvalue weighted by molar-refractivity contribution is 7.85. The maximum absolute atomic E-state index is 13.4. The number of rotatable bonds is 17. The van der Waals surface area contributed by atoms with Crippen molar-refractivity contribution in [2.45, 2.75) is 49.6 Å². The molecule has 0 aromatic heterocycles. The number of aliphatic hydroxyl groups excluding tert-OH is 1. The van der Waals surface area contributed by atoms with Gasteiger partial charge in [0.25, 0.3) is 21.9 Å². The van der Waals surface area contributed by atoms with E-state index < -0.39 is 68.6 Å². The van der Waals surface area contributed by atoms with E-state index in [0.29, 0.717) is 6.42 Å². The fourth-order valence-electron chi connectivity index (χ4n) is 4.72. The van der Waals surface area contributed by atoms with Gasteiger partial charge in [-0.2, -0.15) is 8.42 Å². The molecule has 0 spiro atoms. The summed E-state index contributed by atoms with van der Waals surface area (Å²) in [5, 5.41) is 19.5. The number of aliphatic hydroxyl groups is 1. The van der Waals surface area contributed by atoms with Gasteiger partial charge in [-0.3, -0.25) is 33.4 Å². The quantitative estimate of drug-likeness (QED) is 0.0442. The highest BCUT2D eigenvalue weighted by Gasteiger charge is 2.51. The van der Waals surface area contributed by atoms with Gasteiger partial charge in [0.1, 0.15) is 16.4 Å². The van der Waals surface area contributed by atoms with E-state index in [1.807, 2.05) is 0 Å². The number of anilines is 1. The van der Waals surface area contributed by atoms with Crippen molar-refractivity contribution >= 4 is 51.4 Å². The summed E-state index contributed by atoms with van der Waals surface area (Å²) >= 11 is 0. The minimum atomic E-state index is -4.73. The van der Waals surface area contributed by atoms with E-state index in [9.17, 15) is 46.8 Å². The monoisotopic (exact) mass is 652 g/mol. The summed E-state index contributed by atoms with van der Waals surface area (Å²) in [6, 6.07) is 1.44. The molecule has 2 aliphatic rings. The van der Waals surface area contributed by atoms with Crippen LogP contribution < -0.4 is 27.0 Å². The molecule has 1 aliphatic carbocycles. The first kappa shape index (κ1) is 35.1. The van der Waals surface area contributed by atoms with Crippen LogP contribution in [0.1, 0.15) is 37.7 Å². The number of primary amides is 1. The molecular formula is C27H36N6O11S. The Morgan fingerprint density at radius 1 is 1.02 bits per heavy atom. The Hall–Kier alpha value is -4.39. The largest absolute Gasteiger partial charge is 0.392 e. The number of hydrogen-bond donors (Lipinski definition) is 7. The van der Waals surface area contributed by atoms with Crippen LogP contribution in [0.2, 0.25) is 0 Å². The van der Waals surface area contributed by atoms with Crippen LogP contribution in [0.3, 0.4) is 0 Å². The number of benzene rings is 1. The summed E-state index contributed by atoms with van der Waals surface area (Å²) in [4.78, 5) is 74.3. The molecule has 0 unspecified atom stereocenters. The van der Waals surface area contributed by atoms with E-state index in [1.165, 1.54) is 12.1 Å². The van der Waals surface area contributed by atoms with E-state index in [2.05, 4.69) is 21.3 Å². The Morgan fingerprint density at radius 3 is 2.29 bits per heavy atom. The summed E-state index contributed by atoms with van der Waals surface area (Å²) in [6.07, 6.45) is 3.53. The van der Waals surface area contributed by atoms with Crippen molar-refractivity contribution in [1.29, 1.82) is 0 Å². The second-order valence-electron chi connectivity index (χ2n) is 10.4. The highest BCUT2D eigenvalue weighted by atomic mass is 32.2. The molecule has 0 radical (unpaired) electrons. The first-order valence-electron chi connectivity index (χ1n) is 14.0. The van der Waals surface area contributed by atoms with Crippen molar-refractivity contribution in [1.82, 2.24) is 20.9 Å². The van der Waals surface area contributed by atoms with E-state index in [-0.39, 0.29) is 69.8 Å². The van der Waals surface area contributed by atoms with Crippen LogP contribution in [0.15, 0.2) is 35.2 Å². The zero-order valence-corrected chi connectivity index (χ0v) is 25.1. The normalized spacial score (nSPS) is 16.1. The maximum Gasteiger partial charge on any atom is 0.312 e. The second kappa shape index (κ2) is 15.6. The van der Waals surface area contributed by atoms with Crippen molar-refractivity contribution in [3.8, 4) is 0 Å². The van der Waals surface area contributed by atoms with Crippen molar-refractivity contribution in [3.63, 3.8) is 0 Å². The third-order valence-electron chi connectivity index (χ3n) is 7.34. The molecule has 1 atom stereocenters. The third-order valence-corrected chi connectivity index (χ3v) is 8.28. The van der Waals surface area contributed by atoms with Crippen LogP contribution >= 0.6 is 0 Å². The molecule has 1 aliphatic heterocycles. The lowest BCUT2D eigenvalue weighted by Crippen LogP contribution is -2.58. The average Bonchev–Trinajstić information content (AvgIpc) is 3.27. The zero-order chi connectivity index (χ0) is 33.2. The van der Waals surface area contributed by atoms with E-state index in [1.54, 1.807) is 0 Å². The van der Waals surface area contributed by atoms with Crippen molar-refractivity contribution in [3.05, 3.63) is 35.9 Å². The average molecular weight is 653 g/mol. The molecule has 0 saturated heterocycles. The number of carbonyl (C=O) groups excluding carboxylic acids is 6. The molecule has 18 heteroatoms. The lowest BCUT2D eigenvalue weighted by atomic mass is 9.67. The van der Waals surface area contributed by atoms with Gasteiger partial charge in [-0.1, -0.05) is 12.5 Å². The molecule has 17 nitrogen and oxygen atoms in total. The minimum Gasteiger partial charge on any atom is -0.392 e. The fraction of sp³-hybridized carbons (Fsp3) is 0.481. The van der Waals surface area contributed by atoms with Crippen LogP contribution in [0, 0.1) is 5.41 Å². The lowest BCUT2D eigenvalue weighted by molar-refractivity contribution is -0.151. The van der Waals surface area contributed by atoms with Crippen LogP contribution in [0.5, 0.6) is 0 Å². The first-order valence-corrected chi connectivity index (χ1v) is 15.5. The lowest BCUT2D eigenvalue weighted by Gasteiger charge is -2.39. The molecule has 1 heterocycles. The number of nitrogens with zero attached hydrogens (tertiary/aromatic N) is 1. The van der Waals surface area contributed by atoms with Crippen molar-refractivity contribution in [2.24, 2.45) is 11.1 Å². The molecule has 1 aromatic rings. The predicted molar refractivity (Wildman–Crippen MR) is 156 cm³/mol. The Morgan fingerprint density at radius 2 is 1.71 bits per heavy atom. The number of nitrogens with two attached hydrogens (primary N) is 1. The topological polar surface area (TPSA) is 264 Å². The summed E-state index contributed by atoms with van der Waals surface area (Å²) in [6.45, 7) is -0.427. The third kappa shape index (κ3) is 9.30. The van der Waals surface area contributed by atoms with E-state index in [0.717, 1.165) is 23.1 Å². The van der Waals surface area contributed by atoms with Crippen LogP contribution in [-0.2, 0) is 45.4 Å². The SMILES string of the molecule is NC(=O)NCCC[C@H](NC(=O)C1(C(=O)NCCOCCN2C(=O)C=CC2=O)CCC1)C(=O)Nc1ccc(CO)c(S(=O)(=O)O)c1. The molecule has 1 fully saturated rings. The highest BCUT2D eigenvalue weighted by Crippen LogP contribution is 2.41. The van der Waals surface area contributed by atoms with Gasteiger partial charge in [-0.25, -0.2) is 4.79 Å². The van der Waals surface area contributed by atoms with Gasteiger partial charge in [0.05, 0.1) is 26.4 Å². The van der Waals surface area contributed by atoms with Crippen molar-refractivity contribution in [2.75, 3.05) is 38.2 Å². The molecule has 7 amide bonds. The molecule has 246 valence electrons. The molecule has 0 bridgehead atoms. The summed E-state index contributed by atoms with van der Waals surface area (Å²) < 4.78 is 38.3. The molecule has 1 saturated carbocycles. The van der Waals surface area contributed by atoms with Crippen LogP contribution in [0.4, 0.5) is 10.5 Å².